The summed E-state index contributed by atoms with van der Waals surface area (Å²) in [5.41, 5.74) is 5.20. The van der Waals surface area contributed by atoms with Gasteiger partial charge in [-0.1, -0.05) is 53.8 Å². The first-order valence-corrected chi connectivity index (χ1v) is 11.7. The van der Waals surface area contributed by atoms with E-state index in [-0.39, 0.29) is 22.2 Å². The number of aromatic hydroxyl groups is 1. The normalized spacial score (nSPS) is 10.8. The van der Waals surface area contributed by atoms with E-state index in [1.807, 2.05) is 48.5 Å². The molecule has 0 radical (unpaired) electrons. The number of nitrogens with zero attached hydrogens (tertiary/aromatic N) is 1. The highest BCUT2D eigenvalue weighted by atomic mass is 32.1. The number of amides is 1. The zero-order valence-electron chi connectivity index (χ0n) is 19.2. The Labute approximate surface area is 205 Å². The van der Waals surface area contributed by atoms with Gasteiger partial charge in [-0.2, -0.15) is 0 Å². The van der Waals surface area contributed by atoms with Crippen LogP contribution < -0.4 is 4.87 Å². The summed E-state index contributed by atoms with van der Waals surface area (Å²) in [5.74, 6) is -1.28. The first-order valence-electron chi connectivity index (χ1n) is 10.9. The molecule has 1 aromatic heterocycles. The summed E-state index contributed by atoms with van der Waals surface area (Å²) >= 11 is 1.00. The maximum Gasteiger partial charge on any atom is 0.335 e. The Balaban J connectivity index is 1.47. The average Bonchev–Trinajstić information content (AvgIpc) is 3.15. The molecular weight excluding hydrogens is 464 g/mol. The lowest BCUT2D eigenvalue weighted by Crippen LogP contribution is -2.27. The van der Waals surface area contributed by atoms with Crippen LogP contribution in [-0.2, 0) is 13.0 Å². The highest BCUT2D eigenvalue weighted by Gasteiger charge is 2.16. The van der Waals surface area contributed by atoms with Gasteiger partial charge in [0.05, 0.1) is 10.4 Å². The van der Waals surface area contributed by atoms with Gasteiger partial charge in [-0.25, -0.2) is 4.79 Å². The van der Waals surface area contributed by atoms with Gasteiger partial charge in [-0.15, -0.1) is 0 Å². The molecule has 7 nitrogen and oxygen atoms in total. The van der Waals surface area contributed by atoms with E-state index >= 15 is 0 Å². The van der Waals surface area contributed by atoms with Gasteiger partial charge >= 0.3 is 10.8 Å². The maximum absolute atomic E-state index is 13.0. The third-order valence-electron chi connectivity index (χ3n) is 5.75. The van der Waals surface area contributed by atoms with Crippen molar-refractivity contribution in [3.63, 3.8) is 0 Å². The van der Waals surface area contributed by atoms with Crippen LogP contribution in [0.4, 0.5) is 0 Å². The Morgan fingerprint density at radius 2 is 1.71 bits per heavy atom. The number of aromatic amines is 1. The molecule has 35 heavy (non-hydrogen) atoms. The zero-order chi connectivity index (χ0) is 25.1. The number of rotatable bonds is 7. The van der Waals surface area contributed by atoms with Crippen molar-refractivity contribution in [3.8, 4) is 17.0 Å². The zero-order valence-corrected chi connectivity index (χ0v) is 20.1. The van der Waals surface area contributed by atoms with Gasteiger partial charge in [-0.05, 0) is 59.0 Å². The number of H-pyrrole nitrogens is 1. The van der Waals surface area contributed by atoms with E-state index < -0.39 is 5.97 Å². The van der Waals surface area contributed by atoms with Crippen molar-refractivity contribution in [2.75, 3.05) is 7.05 Å². The SMILES string of the molecule is Cc1cc(C(=O)O)ccc1C(=O)N(C)Cc1cccc(-c2ccc(Cc3sc(=O)[nH]c3O)cc2)c1. The Kier molecular flexibility index (Phi) is 6.84. The highest BCUT2D eigenvalue weighted by Crippen LogP contribution is 2.25. The number of aryl methyl sites for hydroxylation is 1. The number of carbonyl (C=O) groups excluding carboxylic acids is 1. The lowest BCUT2D eigenvalue weighted by Gasteiger charge is -2.19. The second-order valence-electron chi connectivity index (χ2n) is 8.36. The van der Waals surface area contributed by atoms with Crippen molar-refractivity contribution in [3.05, 3.63) is 109 Å². The number of aromatic nitrogens is 1. The van der Waals surface area contributed by atoms with E-state index in [0.29, 0.717) is 29.0 Å². The molecule has 0 aliphatic carbocycles. The first kappa shape index (κ1) is 24.0. The van der Waals surface area contributed by atoms with Crippen LogP contribution in [0.3, 0.4) is 0 Å². The molecule has 0 unspecified atom stereocenters. The van der Waals surface area contributed by atoms with Crippen molar-refractivity contribution in [1.82, 2.24) is 9.88 Å². The molecule has 0 spiro atoms. The van der Waals surface area contributed by atoms with E-state index in [2.05, 4.69) is 4.98 Å². The molecule has 3 N–H and O–H groups in total. The second kappa shape index (κ2) is 9.99. The fraction of sp³-hybridized carbons (Fsp3) is 0.148. The minimum atomic E-state index is -1.02. The van der Waals surface area contributed by atoms with Crippen molar-refractivity contribution in [1.29, 1.82) is 0 Å². The smallest absolute Gasteiger partial charge is 0.335 e. The summed E-state index contributed by atoms with van der Waals surface area (Å²) in [6, 6.07) is 20.3. The van der Waals surface area contributed by atoms with Crippen molar-refractivity contribution in [2.45, 2.75) is 19.9 Å². The molecular formula is C27H24N2O5S. The number of carbonyl (C=O) groups is 2. The van der Waals surface area contributed by atoms with E-state index in [1.54, 1.807) is 24.9 Å². The van der Waals surface area contributed by atoms with Gasteiger partial charge in [0.1, 0.15) is 0 Å². The Bertz CT molecular complexity index is 1450. The van der Waals surface area contributed by atoms with Crippen LogP contribution in [0.1, 0.15) is 42.3 Å². The number of carboxylic acids is 1. The Hall–Kier alpha value is -4.17. The number of benzene rings is 3. The fourth-order valence-corrected chi connectivity index (χ4v) is 4.67. The van der Waals surface area contributed by atoms with E-state index in [1.165, 1.54) is 12.1 Å². The van der Waals surface area contributed by atoms with E-state index in [0.717, 1.165) is 33.6 Å². The van der Waals surface area contributed by atoms with Crippen LogP contribution >= 0.6 is 11.3 Å². The monoisotopic (exact) mass is 488 g/mol. The average molecular weight is 489 g/mol. The second-order valence-corrected chi connectivity index (χ2v) is 9.42. The molecule has 0 aliphatic heterocycles. The molecule has 0 bridgehead atoms. The number of hydrogen-bond donors (Lipinski definition) is 3. The number of carboxylic acid groups (broad SMARTS) is 1. The van der Waals surface area contributed by atoms with Gasteiger partial charge < -0.3 is 15.1 Å². The summed E-state index contributed by atoms with van der Waals surface area (Å²) in [6.45, 7) is 2.13. The lowest BCUT2D eigenvalue weighted by atomic mass is 10.0. The van der Waals surface area contributed by atoms with Gasteiger partial charge in [0.15, 0.2) is 0 Å². The number of hydrogen-bond acceptors (Lipinski definition) is 5. The predicted molar refractivity (Wildman–Crippen MR) is 135 cm³/mol. The van der Waals surface area contributed by atoms with Gasteiger partial charge in [-0.3, -0.25) is 14.6 Å². The summed E-state index contributed by atoms with van der Waals surface area (Å²) in [7, 11) is 1.72. The van der Waals surface area contributed by atoms with Crippen molar-refractivity contribution in [2.24, 2.45) is 0 Å². The van der Waals surface area contributed by atoms with E-state index in [4.69, 9.17) is 5.11 Å². The Morgan fingerprint density at radius 3 is 2.34 bits per heavy atom. The van der Waals surface area contributed by atoms with Crippen molar-refractivity contribution >= 4 is 23.2 Å². The largest absolute Gasteiger partial charge is 0.494 e. The minimum Gasteiger partial charge on any atom is -0.494 e. The molecule has 4 aromatic rings. The van der Waals surface area contributed by atoms with Gasteiger partial charge in [0.2, 0.25) is 5.88 Å². The number of thiazole rings is 1. The van der Waals surface area contributed by atoms with Crippen LogP contribution in [-0.4, -0.2) is 39.0 Å². The predicted octanol–water partition coefficient (Wildman–Crippen LogP) is 4.68. The summed E-state index contributed by atoms with van der Waals surface area (Å²) < 4.78 is 0. The third-order valence-corrected chi connectivity index (χ3v) is 6.62. The molecule has 1 amide bonds. The molecule has 3 aromatic carbocycles. The van der Waals surface area contributed by atoms with Crippen LogP contribution in [0.15, 0.2) is 71.5 Å². The Morgan fingerprint density at radius 1 is 0.971 bits per heavy atom. The van der Waals surface area contributed by atoms with Crippen LogP contribution in [0.2, 0.25) is 0 Å². The highest BCUT2D eigenvalue weighted by molar-refractivity contribution is 7.09. The van der Waals surface area contributed by atoms with Gasteiger partial charge in [0, 0.05) is 25.6 Å². The number of nitrogens with one attached hydrogen (secondary N) is 1. The molecule has 8 heteroatoms. The summed E-state index contributed by atoms with van der Waals surface area (Å²) in [6.07, 6.45) is 0.468. The molecule has 0 atom stereocenters. The third kappa shape index (κ3) is 5.50. The van der Waals surface area contributed by atoms with Crippen LogP contribution in [0.25, 0.3) is 11.1 Å². The fourth-order valence-electron chi connectivity index (χ4n) is 3.91. The molecule has 0 aliphatic rings. The molecule has 1 heterocycles. The van der Waals surface area contributed by atoms with Gasteiger partial charge in [0.25, 0.3) is 5.91 Å². The molecule has 0 saturated carbocycles. The van der Waals surface area contributed by atoms with E-state index in [9.17, 15) is 19.5 Å². The first-order chi connectivity index (χ1) is 16.7. The summed E-state index contributed by atoms with van der Waals surface area (Å²) in [5, 5.41) is 18.9. The minimum absolute atomic E-state index is 0.0801. The quantitative estimate of drug-likeness (QED) is 0.350. The molecule has 178 valence electrons. The van der Waals surface area contributed by atoms with Crippen LogP contribution in [0.5, 0.6) is 5.88 Å². The lowest BCUT2D eigenvalue weighted by molar-refractivity contribution is 0.0694. The summed E-state index contributed by atoms with van der Waals surface area (Å²) in [4.78, 5) is 39.8. The topological polar surface area (TPSA) is 111 Å². The molecule has 0 fully saturated rings. The maximum atomic E-state index is 13.0. The van der Waals surface area contributed by atoms with Crippen LogP contribution in [0, 0.1) is 6.92 Å². The van der Waals surface area contributed by atoms with Crippen molar-refractivity contribution < 1.29 is 19.8 Å². The standard InChI is InChI=1S/C27H24N2O5S/c1-16-12-21(26(32)33)10-11-22(16)25(31)29(2)15-18-4-3-5-20(13-18)19-8-6-17(7-9-19)14-23-24(30)28-27(34)35-23/h3-13,30H,14-15H2,1-2H3,(H,28,34)(H,32,33). The molecule has 0 saturated heterocycles. The molecule has 4 rings (SSSR count). The number of aromatic carboxylic acids is 1.